The summed E-state index contributed by atoms with van der Waals surface area (Å²) < 4.78 is 30.9. The maximum Gasteiger partial charge on any atom is 0.338 e. The Balaban J connectivity index is 1.36. The Morgan fingerprint density at radius 1 is 0.906 bits per heavy atom. The number of anilines is 2. The van der Waals surface area contributed by atoms with Crippen molar-refractivity contribution in [3.8, 4) is 0 Å². The Bertz CT molecular complexity index is 1220. The second-order valence-electron chi connectivity index (χ2n) is 7.39. The lowest BCUT2D eigenvalue weighted by atomic mass is 10.1. The molecule has 1 heterocycles. The smallest absolute Gasteiger partial charge is 0.338 e. The van der Waals surface area contributed by atoms with Crippen LogP contribution in [0.3, 0.4) is 0 Å². The van der Waals surface area contributed by atoms with Crippen LogP contribution in [-0.4, -0.2) is 32.6 Å². The molecule has 3 aromatic carbocycles. The summed E-state index contributed by atoms with van der Waals surface area (Å²) in [5, 5.41) is 2.81. The second-order valence-corrected chi connectivity index (χ2v) is 9.40. The van der Waals surface area contributed by atoms with Crippen molar-refractivity contribution in [2.24, 2.45) is 0 Å². The maximum atomic E-state index is 12.5. The van der Waals surface area contributed by atoms with Gasteiger partial charge in [-0.2, -0.15) is 0 Å². The van der Waals surface area contributed by atoms with Gasteiger partial charge in [-0.3, -0.25) is 9.10 Å². The molecule has 8 heteroatoms. The Morgan fingerprint density at radius 2 is 1.66 bits per heavy atom. The van der Waals surface area contributed by atoms with Crippen LogP contribution in [0.1, 0.15) is 32.7 Å². The number of esters is 1. The second kappa shape index (κ2) is 9.23. The van der Waals surface area contributed by atoms with Gasteiger partial charge >= 0.3 is 5.97 Å². The molecule has 4 rings (SSSR count). The molecular weight excluding hydrogens is 428 g/mol. The van der Waals surface area contributed by atoms with Crippen LogP contribution >= 0.6 is 0 Å². The van der Waals surface area contributed by atoms with Gasteiger partial charge in [-0.25, -0.2) is 13.2 Å². The normalized spacial score (nSPS) is 14.7. The number of rotatable bonds is 6. The van der Waals surface area contributed by atoms with Crippen LogP contribution in [0, 0.1) is 0 Å². The Kier molecular flexibility index (Phi) is 6.23. The first-order valence-electron chi connectivity index (χ1n) is 10.2. The van der Waals surface area contributed by atoms with Gasteiger partial charge in [0, 0.05) is 17.8 Å². The number of ether oxygens (including phenoxy) is 1. The summed E-state index contributed by atoms with van der Waals surface area (Å²) in [4.78, 5) is 24.8. The standard InChI is InChI=1S/C24H22N2O5S/c27-23(25-21-7-2-1-3-8-21)19-12-10-18(11-13-19)17-31-24(28)20-6-4-9-22(16-20)26-14-5-15-32(26,29)30/h1-4,6-13,16H,5,14-15,17H2,(H,25,27). The molecule has 1 aliphatic heterocycles. The van der Waals surface area contributed by atoms with Crippen LogP contribution in [0.5, 0.6) is 0 Å². The molecule has 7 nitrogen and oxygen atoms in total. The topological polar surface area (TPSA) is 92.8 Å². The molecule has 0 aliphatic carbocycles. The number of carbonyl (C=O) groups excluding carboxylic acids is 2. The summed E-state index contributed by atoms with van der Waals surface area (Å²) in [6, 6.07) is 22.4. The minimum absolute atomic E-state index is 0.0334. The van der Waals surface area contributed by atoms with Gasteiger partial charge in [0.15, 0.2) is 0 Å². The molecule has 0 saturated carbocycles. The number of hydrogen-bond donors (Lipinski definition) is 1. The van der Waals surface area contributed by atoms with Gasteiger partial charge in [0.25, 0.3) is 5.91 Å². The van der Waals surface area contributed by atoms with E-state index in [2.05, 4.69) is 5.32 Å². The molecule has 1 aliphatic rings. The summed E-state index contributed by atoms with van der Waals surface area (Å²) in [6.45, 7) is 0.441. The monoisotopic (exact) mass is 450 g/mol. The van der Waals surface area contributed by atoms with E-state index in [9.17, 15) is 18.0 Å². The van der Waals surface area contributed by atoms with Crippen LogP contribution in [0.2, 0.25) is 0 Å². The van der Waals surface area contributed by atoms with Gasteiger partial charge in [-0.1, -0.05) is 36.4 Å². The van der Waals surface area contributed by atoms with Gasteiger partial charge < -0.3 is 10.1 Å². The molecule has 0 radical (unpaired) electrons. The molecule has 0 bridgehead atoms. The zero-order valence-corrected chi connectivity index (χ0v) is 18.0. The van der Waals surface area contributed by atoms with Crippen molar-refractivity contribution in [2.75, 3.05) is 21.9 Å². The van der Waals surface area contributed by atoms with Crippen molar-refractivity contribution in [2.45, 2.75) is 13.0 Å². The SMILES string of the molecule is O=C(Nc1ccccc1)c1ccc(COC(=O)c2cccc(N3CCCS3(=O)=O)c2)cc1. The largest absolute Gasteiger partial charge is 0.457 e. The molecule has 0 spiro atoms. The van der Waals surface area contributed by atoms with Crippen LogP contribution in [0.15, 0.2) is 78.9 Å². The van der Waals surface area contributed by atoms with E-state index < -0.39 is 16.0 Å². The van der Waals surface area contributed by atoms with E-state index in [-0.39, 0.29) is 23.8 Å². The summed E-state index contributed by atoms with van der Waals surface area (Å²) in [5.74, 6) is -0.663. The van der Waals surface area contributed by atoms with E-state index in [4.69, 9.17) is 4.74 Å². The Hall–Kier alpha value is -3.65. The zero-order chi connectivity index (χ0) is 22.6. The summed E-state index contributed by atoms with van der Waals surface area (Å²) in [7, 11) is -3.32. The van der Waals surface area contributed by atoms with E-state index in [1.54, 1.807) is 54.6 Å². The minimum Gasteiger partial charge on any atom is -0.457 e. The summed E-state index contributed by atoms with van der Waals surface area (Å²) >= 11 is 0. The van der Waals surface area contributed by atoms with Crippen molar-refractivity contribution in [3.05, 3.63) is 95.6 Å². The van der Waals surface area contributed by atoms with Crippen LogP contribution < -0.4 is 9.62 Å². The number of para-hydroxylation sites is 1. The first-order valence-corrected chi connectivity index (χ1v) is 11.8. The third kappa shape index (κ3) is 4.97. The van der Waals surface area contributed by atoms with Gasteiger partial charge in [-0.15, -0.1) is 0 Å². The third-order valence-electron chi connectivity index (χ3n) is 5.09. The van der Waals surface area contributed by atoms with Crippen molar-refractivity contribution in [1.82, 2.24) is 0 Å². The fourth-order valence-corrected chi connectivity index (χ4v) is 4.98. The molecule has 0 aromatic heterocycles. The first-order chi connectivity index (χ1) is 15.4. The number of carbonyl (C=O) groups is 2. The van der Waals surface area contributed by atoms with Crippen molar-refractivity contribution in [3.63, 3.8) is 0 Å². The molecule has 32 heavy (non-hydrogen) atoms. The summed E-state index contributed by atoms with van der Waals surface area (Å²) in [6.07, 6.45) is 0.566. The molecule has 1 amide bonds. The molecule has 1 saturated heterocycles. The number of nitrogens with one attached hydrogen (secondary N) is 1. The molecule has 0 atom stereocenters. The highest BCUT2D eigenvalue weighted by molar-refractivity contribution is 7.93. The first kappa shape index (κ1) is 21.6. The highest BCUT2D eigenvalue weighted by atomic mass is 32.2. The van der Waals surface area contributed by atoms with E-state index >= 15 is 0 Å². The Labute approximate surface area is 186 Å². The lowest BCUT2D eigenvalue weighted by Gasteiger charge is -2.17. The maximum absolute atomic E-state index is 12.5. The van der Waals surface area contributed by atoms with Crippen LogP contribution in [0.4, 0.5) is 11.4 Å². The van der Waals surface area contributed by atoms with E-state index in [1.165, 1.54) is 10.4 Å². The fourth-order valence-electron chi connectivity index (χ4n) is 3.43. The molecule has 3 aromatic rings. The molecule has 0 unspecified atom stereocenters. The lowest BCUT2D eigenvalue weighted by molar-refractivity contribution is 0.0472. The number of hydrogen-bond acceptors (Lipinski definition) is 5. The van der Waals surface area contributed by atoms with Crippen molar-refractivity contribution in [1.29, 1.82) is 0 Å². The Morgan fingerprint density at radius 3 is 2.34 bits per heavy atom. The predicted molar refractivity (Wildman–Crippen MR) is 122 cm³/mol. The number of benzene rings is 3. The average Bonchev–Trinajstić information content (AvgIpc) is 3.17. The van der Waals surface area contributed by atoms with Gasteiger partial charge in [-0.05, 0) is 54.4 Å². The average molecular weight is 451 g/mol. The number of nitrogens with zero attached hydrogens (tertiary/aromatic N) is 1. The van der Waals surface area contributed by atoms with Gasteiger partial charge in [0.1, 0.15) is 6.61 Å². The predicted octanol–water partition coefficient (Wildman–Crippen LogP) is 3.84. The van der Waals surface area contributed by atoms with Crippen molar-refractivity contribution < 1.29 is 22.7 Å². The van der Waals surface area contributed by atoms with E-state index in [0.29, 0.717) is 29.9 Å². The highest BCUT2D eigenvalue weighted by Gasteiger charge is 2.28. The minimum atomic E-state index is -3.32. The fraction of sp³-hybridized carbons (Fsp3) is 0.167. The number of amides is 1. The summed E-state index contributed by atoms with van der Waals surface area (Å²) in [5.41, 5.74) is 2.67. The molecular formula is C24H22N2O5S. The van der Waals surface area contributed by atoms with Crippen LogP contribution in [-0.2, 0) is 21.4 Å². The van der Waals surface area contributed by atoms with Crippen molar-refractivity contribution >= 4 is 33.3 Å². The number of sulfonamides is 1. The van der Waals surface area contributed by atoms with E-state index in [1.807, 2.05) is 18.2 Å². The van der Waals surface area contributed by atoms with Gasteiger partial charge in [0.2, 0.25) is 10.0 Å². The highest BCUT2D eigenvalue weighted by Crippen LogP contribution is 2.25. The zero-order valence-electron chi connectivity index (χ0n) is 17.2. The quantitative estimate of drug-likeness (QED) is 0.576. The third-order valence-corrected chi connectivity index (χ3v) is 6.96. The molecule has 1 fully saturated rings. The van der Waals surface area contributed by atoms with E-state index in [0.717, 1.165) is 5.56 Å². The molecule has 1 N–H and O–H groups in total. The van der Waals surface area contributed by atoms with Crippen LogP contribution in [0.25, 0.3) is 0 Å². The lowest BCUT2D eigenvalue weighted by Crippen LogP contribution is -2.25. The molecule has 164 valence electrons. The van der Waals surface area contributed by atoms with Gasteiger partial charge in [0.05, 0.1) is 17.0 Å².